The quantitative estimate of drug-likeness (QED) is 0.551. The fraction of sp³-hybridized carbons (Fsp3) is 0.778. The summed E-state index contributed by atoms with van der Waals surface area (Å²) < 4.78 is 0. The van der Waals surface area contributed by atoms with E-state index in [-0.39, 0.29) is 18.4 Å². The van der Waals surface area contributed by atoms with Crippen molar-refractivity contribution in [3.05, 3.63) is 0 Å². The number of primary amides is 1. The van der Waals surface area contributed by atoms with Gasteiger partial charge in [-0.2, -0.15) is 0 Å². The summed E-state index contributed by atoms with van der Waals surface area (Å²) in [4.78, 5) is 21.8. The van der Waals surface area contributed by atoms with Crippen LogP contribution in [0.25, 0.3) is 0 Å². The summed E-state index contributed by atoms with van der Waals surface area (Å²) in [6, 6.07) is -0.796. The summed E-state index contributed by atoms with van der Waals surface area (Å²) in [6.45, 7) is 5.87. The first-order valence-corrected chi connectivity index (χ1v) is 4.68. The van der Waals surface area contributed by atoms with Gasteiger partial charge in [0.25, 0.3) is 0 Å². The number of hydrogen-bond donors (Lipinski definition) is 3. The monoisotopic (exact) mass is 201 g/mol. The van der Waals surface area contributed by atoms with Crippen LogP contribution < -0.4 is 16.8 Å². The first kappa shape index (κ1) is 12.9. The molecule has 14 heavy (non-hydrogen) atoms. The normalized spacial score (nSPS) is 14.9. The Bertz CT molecular complexity index is 216. The molecule has 0 aromatic rings. The highest BCUT2D eigenvalue weighted by Gasteiger charge is 2.18. The fourth-order valence-electron chi connectivity index (χ4n) is 0.808. The average molecular weight is 201 g/mol. The number of hydrogen-bond acceptors (Lipinski definition) is 3. The third-order valence-electron chi connectivity index (χ3n) is 2.13. The van der Waals surface area contributed by atoms with Crippen LogP contribution in [-0.2, 0) is 9.59 Å². The number of nitrogens with two attached hydrogens (primary N) is 2. The molecule has 0 fully saturated rings. The Morgan fingerprint density at radius 1 is 1.29 bits per heavy atom. The van der Waals surface area contributed by atoms with E-state index in [1.54, 1.807) is 0 Å². The van der Waals surface area contributed by atoms with Crippen LogP contribution in [0.2, 0.25) is 0 Å². The second-order valence-corrected chi connectivity index (χ2v) is 3.82. The van der Waals surface area contributed by atoms with E-state index in [9.17, 15) is 9.59 Å². The molecule has 0 aromatic carbocycles. The Morgan fingerprint density at radius 3 is 2.14 bits per heavy atom. The van der Waals surface area contributed by atoms with Gasteiger partial charge in [0, 0.05) is 6.04 Å². The van der Waals surface area contributed by atoms with Gasteiger partial charge in [-0.15, -0.1) is 0 Å². The molecule has 0 aliphatic rings. The van der Waals surface area contributed by atoms with Gasteiger partial charge in [-0.3, -0.25) is 9.59 Å². The molecule has 5 heteroatoms. The van der Waals surface area contributed by atoms with Crippen molar-refractivity contribution in [2.24, 2.45) is 17.4 Å². The summed E-state index contributed by atoms with van der Waals surface area (Å²) in [5.41, 5.74) is 10.4. The van der Waals surface area contributed by atoms with Crippen molar-refractivity contribution in [1.29, 1.82) is 0 Å². The van der Waals surface area contributed by atoms with Crippen LogP contribution >= 0.6 is 0 Å². The highest BCUT2D eigenvalue weighted by Crippen LogP contribution is 2.00. The van der Waals surface area contributed by atoms with Gasteiger partial charge in [0.1, 0.15) is 0 Å². The molecular formula is C9H19N3O2. The fourth-order valence-corrected chi connectivity index (χ4v) is 0.808. The standard InChI is InChI=1S/C9H19N3O2/c1-5(2)6(3)12-9(14)7(10)4-8(11)13/h5-7H,4,10H2,1-3H3,(H2,11,13)(H,12,14). The molecular weight excluding hydrogens is 182 g/mol. The molecule has 0 saturated heterocycles. The van der Waals surface area contributed by atoms with Crippen molar-refractivity contribution in [2.75, 3.05) is 0 Å². The summed E-state index contributed by atoms with van der Waals surface area (Å²) in [5, 5.41) is 2.71. The molecule has 0 saturated carbocycles. The summed E-state index contributed by atoms with van der Waals surface area (Å²) in [5.74, 6) is -0.561. The lowest BCUT2D eigenvalue weighted by molar-refractivity contribution is -0.126. The number of carbonyl (C=O) groups is 2. The second kappa shape index (κ2) is 5.59. The maximum atomic E-state index is 11.3. The lowest BCUT2D eigenvalue weighted by atomic mass is 10.1. The van der Waals surface area contributed by atoms with Gasteiger partial charge in [-0.1, -0.05) is 13.8 Å². The van der Waals surface area contributed by atoms with Crippen LogP contribution in [0, 0.1) is 5.92 Å². The van der Waals surface area contributed by atoms with Gasteiger partial charge in [0.05, 0.1) is 12.5 Å². The molecule has 0 bridgehead atoms. The Morgan fingerprint density at radius 2 is 1.79 bits per heavy atom. The zero-order valence-corrected chi connectivity index (χ0v) is 8.91. The minimum absolute atomic E-state index is 0.0430. The predicted octanol–water partition coefficient (Wildman–Crippen LogP) is -0.650. The van der Waals surface area contributed by atoms with E-state index >= 15 is 0 Å². The van der Waals surface area contributed by atoms with Gasteiger partial charge < -0.3 is 16.8 Å². The van der Waals surface area contributed by atoms with Crippen molar-refractivity contribution < 1.29 is 9.59 Å². The van der Waals surface area contributed by atoms with E-state index in [0.29, 0.717) is 5.92 Å². The van der Waals surface area contributed by atoms with Crippen LogP contribution in [-0.4, -0.2) is 23.9 Å². The van der Waals surface area contributed by atoms with E-state index in [1.165, 1.54) is 0 Å². The molecule has 5 nitrogen and oxygen atoms in total. The van der Waals surface area contributed by atoms with Crippen molar-refractivity contribution in [2.45, 2.75) is 39.3 Å². The van der Waals surface area contributed by atoms with E-state index in [0.717, 1.165) is 0 Å². The topological polar surface area (TPSA) is 98.2 Å². The van der Waals surface area contributed by atoms with E-state index in [1.807, 2.05) is 20.8 Å². The predicted molar refractivity (Wildman–Crippen MR) is 54.2 cm³/mol. The van der Waals surface area contributed by atoms with Gasteiger partial charge in [0.2, 0.25) is 11.8 Å². The minimum Gasteiger partial charge on any atom is -0.370 e. The van der Waals surface area contributed by atoms with Crippen LogP contribution in [0.15, 0.2) is 0 Å². The van der Waals surface area contributed by atoms with Gasteiger partial charge >= 0.3 is 0 Å². The molecule has 0 aromatic heterocycles. The largest absolute Gasteiger partial charge is 0.370 e. The van der Waals surface area contributed by atoms with Gasteiger partial charge in [-0.25, -0.2) is 0 Å². The van der Waals surface area contributed by atoms with Crippen LogP contribution in [0.4, 0.5) is 0 Å². The summed E-state index contributed by atoms with van der Waals surface area (Å²) >= 11 is 0. The first-order chi connectivity index (χ1) is 6.34. The third-order valence-corrected chi connectivity index (χ3v) is 2.13. The molecule has 0 rings (SSSR count). The molecule has 0 spiro atoms. The lowest BCUT2D eigenvalue weighted by Crippen LogP contribution is -2.47. The highest BCUT2D eigenvalue weighted by molar-refractivity contribution is 5.87. The first-order valence-electron chi connectivity index (χ1n) is 4.68. The van der Waals surface area contributed by atoms with E-state index in [2.05, 4.69) is 5.32 Å². The molecule has 2 unspecified atom stereocenters. The maximum absolute atomic E-state index is 11.3. The summed E-state index contributed by atoms with van der Waals surface area (Å²) in [6.07, 6.45) is -0.114. The molecule has 2 amide bonds. The number of nitrogens with one attached hydrogen (secondary N) is 1. The molecule has 0 radical (unpaired) electrons. The highest BCUT2D eigenvalue weighted by atomic mass is 16.2. The van der Waals surface area contributed by atoms with E-state index < -0.39 is 11.9 Å². The molecule has 82 valence electrons. The third kappa shape index (κ3) is 4.81. The molecule has 5 N–H and O–H groups in total. The molecule has 0 aliphatic carbocycles. The summed E-state index contributed by atoms with van der Waals surface area (Å²) in [7, 11) is 0. The van der Waals surface area contributed by atoms with Crippen LogP contribution in [0.5, 0.6) is 0 Å². The van der Waals surface area contributed by atoms with Gasteiger partial charge in [-0.05, 0) is 12.8 Å². The minimum atomic E-state index is -0.839. The Kier molecular flexibility index (Phi) is 5.15. The SMILES string of the molecule is CC(C)C(C)NC(=O)C(N)CC(N)=O. The number of amides is 2. The average Bonchev–Trinajstić information content (AvgIpc) is 2.02. The molecule has 0 aliphatic heterocycles. The number of rotatable bonds is 5. The van der Waals surface area contributed by atoms with Crippen molar-refractivity contribution in [3.8, 4) is 0 Å². The molecule has 0 heterocycles. The van der Waals surface area contributed by atoms with E-state index in [4.69, 9.17) is 11.5 Å². The van der Waals surface area contributed by atoms with Crippen molar-refractivity contribution in [1.82, 2.24) is 5.32 Å². The van der Waals surface area contributed by atoms with Crippen LogP contribution in [0.1, 0.15) is 27.2 Å². The molecule has 2 atom stereocenters. The number of carbonyl (C=O) groups excluding carboxylic acids is 2. The van der Waals surface area contributed by atoms with Crippen molar-refractivity contribution >= 4 is 11.8 Å². The van der Waals surface area contributed by atoms with Crippen molar-refractivity contribution in [3.63, 3.8) is 0 Å². The Hall–Kier alpha value is -1.10. The second-order valence-electron chi connectivity index (χ2n) is 3.82. The van der Waals surface area contributed by atoms with Gasteiger partial charge in [0.15, 0.2) is 0 Å². The van der Waals surface area contributed by atoms with Crippen LogP contribution in [0.3, 0.4) is 0 Å². The Labute approximate surface area is 84.2 Å². The smallest absolute Gasteiger partial charge is 0.237 e. The lowest BCUT2D eigenvalue weighted by Gasteiger charge is -2.19. The zero-order valence-electron chi connectivity index (χ0n) is 8.91. The zero-order chi connectivity index (χ0) is 11.3. The maximum Gasteiger partial charge on any atom is 0.237 e. The Balaban J connectivity index is 4.01.